The minimum atomic E-state index is 0.442. The van der Waals surface area contributed by atoms with E-state index in [1.54, 1.807) is 0 Å². The molecular formula is C47H28N4O. The van der Waals surface area contributed by atoms with Crippen LogP contribution in [-0.4, -0.2) is 14.5 Å². The molecule has 0 unspecified atom stereocenters. The normalized spacial score (nSPS) is 11.4. The molecule has 0 saturated carbocycles. The van der Waals surface area contributed by atoms with Crippen LogP contribution in [0.15, 0.2) is 174 Å². The average molecular weight is 665 g/mol. The van der Waals surface area contributed by atoms with E-state index >= 15 is 0 Å². The second-order valence-corrected chi connectivity index (χ2v) is 12.9. The summed E-state index contributed by atoms with van der Waals surface area (Å²) in [5.41, 5.74) is 11.1. The van der Waals surface area contributed by atoms with Crippen LogP contribution >= 0.6 is 0 Å². The molecule has 0 N–H and O–H groups in total. The van der Waals surface area contributed by atoms with Gasteiger partial charge in [-0.15, -0.1) is 0 Å². The van der Waals surface area contributed by atoms with Crippen LogP contribution in [0.4, 0.5) is 0 Å². The van der Waals surface area contributed by atoms with Crippen LogP contribution in [0, 0.1) is 11.3 Å². The zero-order valence-electron chi connectivity index (χ0n) is 27.9. The highest BCUT2D eigenvalue weighted by atomic mass is 16.3. The monoisotopic (exact) mass is 664 g/mol. The summed E-state index contributed by atoms with van der Waals surface area (Å²) in [7, 11) is 0. The van der Waals surface area contributed by atoms with E-state index < -0.39 is 0 Å². The van der Waals surface area contributed by atoms with Gasteiger partial charge >= 0.3 is 0 Å². The first kappa shape index (κ1) is 29.6. The summed E-state index contributed by atoms with van der Waals surface area (Å²) in [5, 5.41) is 15.0. The number of furan rings is 1. The van der Waals surface area contributed by atoms with Crippen LogP contribution in [0.2, 0.25) is 0 Å². The van der Waals surface area contributed by atoms with Crippen molar-refractivity contribution >= 4 is 43.7 Å². The fraction of sp³-hybridized carbons (Fsp3) is 0. The van der Waals surface area contributed by atoms with Gasteiger partial charge in [0.05, 0.1) is 27.8 Å². The van der Waals surface area contributed by atoms with Crippen LogP contribution in [0.1, 0.15) is 5.56 Å². The predicted molar refractivity (Wildman–Crippen MR) is 210 cm³/mol. The summed E-state index contributed by atoms with van der Waals surface area (Å²) < 4.78 is 8.76. The first-order valence-electron chi connectivity index (χ1n) is 17.2. The van der Waals surface area contributed by atoms with Crippen molar-refractivity contribution in [3.8, 4) is 56.8 Å². The Balaban J connectivity index is 1.32. The van der Waals surface area contributed by atoms with Crippen molar-refractivity contribution in [1.82, 2.24) is 14.5 Å². The molecule has 0 aliphatic heterocycles. The van der Waals surface area contributed by atoms with E-state index in [4.69, 9.17) is 14.4 Å². The summed E-state index contributed by atoms with van der Waals surface area (Å²) in [6, 6.07) is 60.2. The third kappa shape index (κ3) is 4.70. The van der Waals surface area contributed by atoms with Gasteiger partial charge in [-0.1, -0.05) is 127 Å². The summed E-state index contributed by atoms with van der Waals surface area (Å²) in [5.74, 6) is 0.537. The van der Waals surface area contributed by atoms with Crippen molar-refractivity contribution < 1.29 is 4.42 Å². The average Bonchev–Trinajstić information content (AvgIpc) is 3.77. The molecule has 0 aliphatic rings. The molecule has 0 fully saturated rings. The van der Waals surface area contributed by atoms with Crippen LogP contribution in [-0.2, 0) is 0 Å². The number of nitrogens with zero attached hydrogens (tertiary/aromatic N) is 4. The molecule has 10 aromatic rings. The topological polar surface area (TPSA) is 67.6 Å². The second kappa shape index (κ2) is 11.9. The SMILES string of the molecule is N#Cc1c(-c2ccccc2)nc(-c2cc(-c3ccccc3)cc(-n3c4ccccc4c4ccc5oc6ccccc6c5c43)c2)nc1-c1ccccc1. The second-order valence-electron chi connectivity index (χ2n) is 12.9. The molecule has 3 aromatic heterocycles. The predicted octanol–water partition coefficient (Wildman–Crippen LogP) is 12.0. The Morgan fingerprint density at radius 1 is 0.481 bits per heavy atom. The van der Waals surface area contributed by atoms with E-state index in [1.165, 1.54) is 0 Å². The lowest BCUT2D eigenvalue weighted by Gasteiger charge is -2.16. The molecule has 242 valence electrons. The largest absolute Gasteiger partial charge is 0.456 e. The first-order chi connectivity index (χ1) is 25.7. The number of fused-ring (bicyclic) bond motifs is 7. The van der Waals surface area contributed by atoms with Gasteiger partial charge in [0.15, 0.2) is 5.82 Å². The van der Waals surface area contributed by atoms with Gasteiger partial charge in [0.25, 0.3) is 0 Å². The number of para-hydroxylation sites is 2. The fourth-order valence-electron chi connectivity index (χ4n) is 7.51. The van der Waals surface area contributed by atoms with Gasteiger partial charge in [-0.05, 0) is 53.6 Å². The van der Waals surface area contributed by atoms with Gasteiger partial charge in [0.1, 0.15) is 22.8 Å². The molecule has 0 saturated heterocycles. The molecule has 7 aromatic carbocycles. The van der Waals surface area contributed by atoms with Crippen molar-refractivity contribution in [3.05, 3.63) is 175 Å². The maximum absolute atomic E-state index is 10.5. The number of nitriles is 1. The van der Waals surface area contributed by atoms with Crippen LogP contribution < -0.4 is 0 Å². The Labute approximate surface area is 299 Å². The molecule has 0 atom stereocenters. The van der Waals surface area contributed by atoms with E-state index in [-0.39, 0.29) is 0 Å². The molecule has 52 heavy (non-hydrogen) atoms. The van der Waals surface area contributed by atoms with E-state index in [9.17, 15) is 5.26 Å². The molecule has 0 amide bonds. The minimum Gasteiger partial charge on any atom is -0.456 e. The molecule has 0 aliphatic carbocycles. The molecule has 10 rings (SSSR count). The van der Waals surface area contributed by atoms with Crippen LogP contribution in [0.5, 0.6) is 0 Å². The molecule has 5 heteroatoms. The number of hydrogen-bond acceptors (Lipinski definition) is 4. The highest BCUT2D eigenvalue weighted by Crippen LogP contribution is 2.42. The van der Waals surface area contributed by atoms with E-state index in [2.05, 4.69) is 102 Å². The molecule has 0 spiro atoms. The van der Waals surface area contributed by atoms with Gasteiger partial charge in [-0.3, -0.25) is 0 Å². The Morgan fingerprint density at radius 3 is 1.73 bits per heavy atom. The van der Waals surface area contributed by atoms with E-state index in [0.29, 0.717) is 22.8 Å². The van der Waals surface area contributed by atoms with Crippen molar-refractivity contribution in [2.24, 2.45) is 0 Å². The van der Waals surface area contributed by atoms with E-state index in [0.717, 1.165) is 77.2 Å². The third-order valence-electron chi connectivity index (χ3n) is 9.83. The van der Waals surface area contributed by atoms with Crippen molar-refractivity contribution in [2.75, 3.05) is 0 Å². The summed E-state index contributed by atoms with van der Waals surface area (Å²) in [6.07, 6.45) is 0. The maximum Gasteiger partial charge on any atom is 0.160 e. The smallest absolute Gasteiger partial charge is 0.160 e. The Hall–Kier alpha value is -7.29. The molecule has 0 bridgehead atoms. The van der Waals surface area contributed by atoms with Crippen LogP contribution in [0.25, 0.3) is 94.5 Å². The van der Waals surface area contributed by atoms with Gasteiger partial charge in [-0.2, -0.15) is 5.26 Å². The molecule has 5 nitrogen and oxygen atoms in total. The lowest BCUT2D eigenvalue weighted by atomic mass is 9.98. The number of hydrogen-bond donors (Lipinski definition) is 0. The summed E-state index contributed by atoms with van der Waals surface area (Å²) in [4.78, 5) is 10.4. The molecular weight excluding hydrogens is 637 g/mol. The quantitative estimate of drug-likeness (QED) is 0.184. The third-order valence-corrected chi connectivity index (χ3v) is 9.83. The zero-order valence-corrected chi connectivity index (χ0v) is 27.9. The Bertz CT molecular complexity index is 2950. The highest BCUT2D eigenvalue weighted by Gasteiger charge is 2.22. The van der Waals surface area contributed by atoms with Gasteiger partial charge in [0.2, 0.25) is 0 Å². The first-order valence-corrected chi connectivity index (χ1v) is 17.2. The standard InChI is InChI=1S/C47H28N4O/c48-29-39-44(31-16-6-2-7-17-31)49-47(50-45(39)32-18-8-3-9-19-32)34-26-33(30-14-4-1-5-15-30)27-35(28-34)51-40-22-12-10-20-36(40)37-24-25-42-43(46(37)51)38-21-11-13-23-41(38)52-42/h1-28H. The van der Waals surface area contributed by atoms with Crippen molar-refractivity contribution in [3.63, 3.8) is 0 Å². The number of aromatic nitrogens is 3. The van der Waals surface area contributed by atoms with Crippen LogP contribution in [0.3, 0.4) is 0 Å². The lowest BCUT2D eigenvalue weighted by molar-refractivity contribution is 0.669. The van der Waals surface area contributed by atoms with Gasteiger partial charge < -0.3 is 8.98 Å². The Kier molecular flexibility index (Phi) is 6.80. The van der Waals surface area contributed by atoms with Crippen molar-refractivity contribution in [1.29, 1.82) is 5.26 Å². The highest BCUT2D eigenvalue weighted by molar-refractivity contribution is 6.24. The molecule has 3 heterocycles. The van der Waals surface area contributed by atoms with Gasteiger partial charge in [-0.25, -0.2) is 9.97 Å². The maximum atomic E-state index is 10.5. The summed E-state index contributed by atoms with van der Waals surface area (Å²) >= 11 is 0. The van der Waals surface area contributed by atoms with Crippen molar-refractivity contribution in [2.45, 2.75) is 0 Å². The Morgan fingerprint density at radius 2 is 1.06 bits per heavy atom. The zero-order chi connectivity index (χ0) is 34.6. The van der Waals surface area contributed by atoms with Gasteiger partial charge in [0, 0.05) is 38.5 Å². The fourth-order valence-corrected chi connectivity index (χ4v) is 7.51. The number of benzene rings is 7. The molecule has 0 radical (unpaired) electrons. The number of rotatable bonds is 5. The summed E-state index contributed by atoms with van der Waals surface area (Å²) in [6.45, 7) is 0. The minimum absolute atomic E-state index is 0.442. The van der Waals surface area contributed by atoms with E-state index in [1.807, 2.05) is 78.9 Å². The lowest BCUT2D eigenvalue weighted by Crippen LogP contribution is -2.02.